The topological polar surface area (TPSA) is 46.2 Å². The van der Waals surface area contributed by atoms with Crippen LogP contribution in [0, 0.1) is 0 Å². The van der Waals surface area contributed by atoms with Crippen molar-refractivity contribution in [3.8, 4) is 0 Å². The summed E-state index contributed by atoms with van der Waals surface area (Å²) < 4.78 is 0. The zero-order valence-corrected chi connectivity index (χ0v) is 11.9. The smallest absolute Gasteiger partial charge is 0.0962 e. The van der Waals surface area contributed by atoms with Crippen LogP contribution in [0.3, 0.4) is 0 Å². The molecule has 3 heteroatoms. The van der Waals surface area contributed by atoms with Crippen LogP contribution in [0.2, 0.25) is 0 Å². The van der Waals surface area contributed by atoms with E-state index in [1.807, 2.05) is 61.5 Å². The highest BCUT2D eigenvalue weighted by Crippen LogP contribution is 2.29. The van der Waals surface area contributed by atoms with E-state index in [-0.39, 0.29) is 0 Å². The average molecular weight is 273 g/mol. The lowest BCUT2D eigenvalue weighted by Crippen LogP contribution is -2.24. The Balaban J connectivity index is 2.01. The fourth-order valence-corrected chi connectivity index (χ4v) is 2.77. The second-order valence-electron chi connectivity index (χ2n) is 4.78. The Labute approximate surface area is 118 Å². The van der Waals surface area contributed by atoms with Gasteiger partial charge in [0, 0.05) is 17.2 Å². The van der Waals surface area contributed by atoms with Crippen molar-refractivity contribution in [3.05, 3.63) is 65.7 Å². The molecule has 0 aliphatic carbocycles. The summed E-state index contributed by atoms with van der Waals surface area (Å²) in [6.45, 7) is 2.41. The number of hydrogen-bond acceptors (Lipinski definition) is 3. The highest BCUT2D eigenvalue weighted by Gasteiger charge is 2.22. The Bertz CT molecular complexity index is 508. The van der Waals surface area contributed by atoms with Gasteiger partial charge in [-0.05, 0) is 30.2 Å². The summed E-state index contributed by atoms with van der Waals surface area (Å²) >= 11 is 1.65. The molecular formula is C16H19NOS. The van der Waals surface area contributed by atoms with E-state index in [2.05, 4.69) is 0 Å². The molecule has 1 atom stereocenters. The van der Waals surface area contributed by atoms with Crippen molar-refractivity contribution in [1.82, 2.24) is 0 Å². The molecule has 19 heavy (non-hydrogen) atoms. The summed E-state index contributed by atoms with van der Waals surface area (Å²) in [4.78, 5) is 1.15. The molecule has 2 rings (SSSR count). The van der Waals surface area contributed by atoms with Gasteiger partial charge in [0.15, 0.2) is 0 Å². The van der Waals surface area contributed by atoms with E-state index in [1.165, 1.54) is 0 Å². The number of benzene rings is 2. The molecule has 0 fully saturated rings. The van der Waals surface area contributed by atoms with Crippen molar-refractivity contribution >= 4 is 11.8 Å². The zero-order valence-electron chi connectivity index (χ0n) is 11.0. The highest BCUT2D eigenvalue weighted by molar-refractivity contribution is 7.99. The molecule has 0 aliphatic heterocycles. The molecule has 0 aliphatic rings. The van der Waals surface area contributed by atoms with Crippen LogP contribution in [-0.2, 0) is 12.1 Å². The predicted octanol–water partition coefficient (Wildman–Crippen LogP) is 3.15. The molecular weight excluding hydrogens is 254 g/mol. The van der Waals surface area contributed by atoms with Gasteiger partial charge in [0.25, 0.3) is 0 Å². The highest BCUT2D eigenvalue weighted by atomic mass is 32.2. The second kappa shape index (κ2) is 6.24. The van der Waals surface area contributed by atoms with Crippen molar-refractivity contribution in [2.75, 3.05) is 5.75 Å². The summed E-state index contributed by atoms with van der Waals surface area (Å²) in [5.41, 5.74) is 6.82. The maximum atomic E-state index is 10.5. The Morgan fingerprint density at radius 2 is 1.68 bits per heavy atom. The molecule has 0 amide bonds. The molecule has 0 saturated heterocycles. The number of thioether (sulfide) groups is 1. The molecule has 0 spiro atoms. The van der Waals surface area contributed by atoms with Gasteiger partial charge >= 0.3 is 0 Å². The summed E-state index contributed by atoms with van der Waals surface area (Å²) in [6.07, 6.45) is 0. The molecule has 0 bridgehead atoms. The fraction of sp³-hybridized carbons (Fsp3) is 0.250. The van der Waals surface area contributed by atoms with E-state index in [1.54, 1.807) is 11.8 Å². The van der Waals surface area contributed by atoms with E-state index in [0.29, 0.717) is 12.3 Å². The summed E-state index contributed by atoms with van der Waals surface area (Å²) in [7, 11) is 0. The van der Waals surface area contributed by atoms with Gasteiger partial charge in [0.05, 0.1) is 5.60 Å². The minimum absolute atomic E-state index is 0.562. The second-order valence-corrected chi connectivity index (χ2v) is 5.83. The van der Waals surface area contributed by atoms with Gasteiger partial charge in [-0.25, -0.2) is 0 Å². The zero-order chi connectivity index (χ0) is 13.7. The Kier molecular flexibility index (Phi) is 4.64. The van der Waals surface area contributed by atoms with E-state index in [4.69, 9.17) is 5.73 Å². The Morgan fingerprint density at radius 3 is 2.26 bits per heavy atom. The van der Waals surface area contributed by atoms with Gasteiger partial charge in [-0.2, -0.15) is 0 Å². The minimum atomic E-state index is -0.821. The van der Waals surface area contributed by atoms with Gasteiger partial charge in [0.1, 0.15) is 0 Å². The van der Waals surface area contributed by atoms with Crippen molar-refractivity contribution in [1.29, 1.82) is 0 Å². The lowest BCUT2D eigenvalue weighted by Gasteiger charge is -2.23. The SMILES string of the molecule is CC(O)(CSc1ccc(CN)cc1)c1ccccc1. The third kappa shape index (κ3) is 3.83. The molecule has 2 aromatic rings. The van der Waals surface area contributed by atoms with Crippen LogP contribution in [0.15, 0.2) is 59.5 Å². The largest absolute Gasteiger partial charge is 0.385 e. The van der Waals surface area contributed by atoms with E-state index in [0.717, 1.165) is 16.0 Å². The molecule has 0 radical (unpaired) electrons. The third-order valence-corrected chi connectivity index (χ3v) is 4.39. The van der Waals surface area contributed by atoms with Crippen LogP contribution < -0.4 is 5.73 Å². The van der Waals surface area contributed by atoms with Crippen LogP contribution in [0.25, 0.3) is 0 Å². The minimum Gasteiger partial charge on any atom is -0.385 e. The lowest BCUT2D eigenvalue weighted by molar-refractivity contribution is 0.0839. The van der Waals surface area contributed by atoms with Crippen molar-refractivity contribution in [3.63, 3.8) is 0 Å². The summed E-state index contributed by atoms with van der Waals surface area (Å²) in [5, 5.41) is 10.5. The molecule has 100 valence electrons. The monoisotopic (exact) mass is 273 g/mol. The molecule has 0 aromatic heterocycles. The first-order chi connectivity index (χ1) is 9.12. The van der Waals surface area contributed by atoms with E-state index in [9.17, 15) is 5.11 Å². The standard InChI is InChI=1S/C16H19NOS/c1-16(18,14-5-3-2-4-6-14)12-19-15-9-7-13(11-17)8-10-15/h2-10,18H,11-12,17H2,1H3. The molecule has 2 aromatic carbocycles. The van der Waals surface area contributed by atoms with Crippen LogP contribution in [0.1, 0.15) is 18.1 Å². The number of nitrogens with two attached hydrogens (primary N) is 1. The van der Waals surface area contributed by atoms with Crippen molar-refractivity contribution in [2.24, 2.45) is 5.73 Å². The van der Waals surface area contributed by atoms with Crippen LogP contribution >= 0.6 is 11.8 Å². The predicted molar refractivity (Wildman–Crippen MR) is 81.1 cm³/mol. The van der Waals surface area contributed by atoms with Gasteiger partial charge in [-0.1, -0.05) is 42.5 Å². The van der Waals surface area contributed by atoms with Gasteiger partial charge in [0.2, 0.25) is 0 Å². The Morgan fingerprint density at radius 1 is 1.05 bits per heavy atom. The Hall–Kier alpha value is -1.29. The van der Waals surface area contributed by atoms with E-state index >= 15 is 0 Å². The van der Waals surface area contributed by atoms with Crippen molar-refractivity contribution in [2.45, 2.75) is 24.0 Å². The quantitative estimate of drug-likeness (QED) is 0.823. The number of aliphatic hydroxyl groups is 1. The normalized spacial score (nSPS) is 14.1. The first kappa shape index (κ1) is 14.1. The molecule has 2 nitrogen and oxygen atoms in total. The van der Waals surface area contributed by atoms with Gasteiger partial charge < -0.3 is 10.8 Å². The molecule has 0 heterocycles. The van der Waals surface area contributed by atoms with Crippen LogP contribution in [-0.4, -0.2) is 10.9 Å². The van der Waals surface area contributed by atoms with Crippen molar-refractivity contribution < 1.29 is 5.11 Å². The van der Waals surface area contributed by atoms with Gasteiger partial charge in [-0.15, -0.1) is 11.8 Å². The maximum absolute atomic E-state index is 10.5. The van der Waals surface area contributed by atoms with E-state index < -0.39 is 5.60 Å². The average Bonchev–Trinajstić information content (AvgIpc) is 2.47. The lowest BCUT2D eigenvalue weighted by atomic mass is 9.99. The van der Waals surface area contributed by atoms with Crippen LogP contribution in [0.4, 0.5) is 0 Å². The van der Waals surface area contributed by atoms with Crippen LogP contribution in [0.5, 0.6) is 0 Å². The first-order valence-corrected chi connectivity index (χ1v) is 7.30. The molecule has 3 N–H and O–H groups in total. The summed E-state index contributed by atoms with van der Waals surface area (Å²) in [6, 6.07) is 17.9. The van der Waals surface area contributed by atoms with Gasteiger partial charge in [-0.3, -0.25) is 0 Å². The maximum Gasteiger partial charge on any atom is 0.0962 e. The number of hydrogen-bond donors (Lipinski definition) is 2. The number of rotatable bonds is 5. The third-order valence-electron chi connectivity index (χ3n) is 3.07. The first-order valence-electron chi connectivity index (χ1n) is 6.31. The molecule has 1 unspecified atom stereocenters. The molecule has 0 saturated carbocycles. The fourth-order valence-electron chi connectivity index (χ4n) is 1.83. The summed E-state index contributed by atoms with van der Waals surface area (Å²) in [5.74, 6) is 0.624.